The first-order valence-electron chi connectivity index (χ1n) is 10.6. The van der Waals surface area contributed by atoms with Gasteiger partial charge in [-0.25, -0.2) is 0 Å². The molecule has 0 saturated heterocycles. The summed E-state index contributed by atoms with van der Waals surface area (Å²) in [4.78, 5) is 25.0. The molecule has 1 saturated carbocycles. The van der Waals surface area contributed by atoms with Crippen molar-refractivity contribution in [3.05, 3.63) is 81.9 Å². The Hall–Kier alpha value is -2.57. The monoisotopic (exact) mass is 411 g/mol. The average Bonchev–Trinajstić information content (AvgIpc) is 2.74. The molecule has 1 aliphatic rings. The Labute approximate surface area is 176 Å². The van der Waals surface area contributed by atoms with Crippen molar-refractivity contribution < 1.29 is 19.9 Å². The van der Waals surface area contributed by atoms with Crippen LogP contribution < -0.4 is 0 Å². The third-order valence-electron chi connectivity index (χ3n) is 6.29. The lowest BCUT2D eigenvalue weighted by atomic mass is 9.59. The second-order valence-electron chi connectivity index (χ2n) is 8.19. The van der Waals surface area contributed by atoms with Crippen molar-refractivity contribution in [1.29, 1.82) is 0 Å². The van der Waals surface area contributed by atoms with Crippen LogP contribution in [0, 0.1) is 22.0 Å². The number of aliphatic hydroxyl groups is 2. The maximum atomic E-state index is 13.6. The van der Waals surface area contributed by atoms with Crippen LogP contribution in [0.3, 0.4) is 0 Å². The van der Waals surface area contributed by atoms with Crippen LogP contribution in [0.4, 0.5) is 0 Å². The molecule has 2 aromatic rings. The van der Waals surface area contributed by atoms with Crippen LogP contribution in [-0.2, 0) is 5.60 Å². The normalized spacial score (nSPS) is 28.8. The predicted molar refractivity (Wildman–Crippen MR) is 114 cm³/mol. The third-order valence-corrected chi connectivity index (χ3v) is 6.29. The van der Waals surface area contributed by atoms with E-state index in [0.29, 0.717) is 17.5 Å². The van der Waals surface area contributed by atoms with Gasteiger partial charge in [0.1, 0.15) is 6.10 Å². The quantitative estimate of drug-likeness (QED) is 0.296. The first-order valence-corrected chi connectivity index (χ1v) is 10.6. The van der Waals surface area contributed by atoms with Gasteiger partial charge in [-0.1, -0.05) is 86.8 Å². The molecular weight excluding hydrogens is 382 g/mol. The molecule has 0 unspecified atom stereocenters. The molecule has 5 atom stereocenters. The van der Waals surface area contributed by atoms with Crippen molar-refractivity contribution in [1.82, 2.24) is 0 Å². The summed E-state index contributed by atoms with van der Waals surface area (Å²) >= 11 is 0. The van der Waals surface area contributed by atoms with Gasteiger partial charge in [0.2, 0.25) is 0 Å². The van der Waals surface area contributed by atoms with E-state index in [9.17, 15) is 25.1 Å². The smallest absolute Gasteiger partial charge is 0.271 e. The van der Waals surface area contributed by atoms with Gasteiger partial charge in [0.15, 0.2) is 11.4 Å². The summed E-state index contributed by atoms with van der Waals surface area (Å²) in [5.41, 5.74) is -1.40. The number of nitro groups is 1. The maximum Gasteiger partial charge on any atom is 0.271 e. The Morgan fingerprint density at radius 1 is 1.10 bits per heavy atom. The van der Waals surface area contributed by atoms with Crippen molar-refractivity contribution in [2.45, 2.75) is 56.8 Å². The molecule has 0 radical (unpaired) electrons. The SMILES string of the molecule is CCCCC[C@@H]1C[C@H](O)[C@@H]([N+](=O)[O-])[C@](O)(c2ccccc2)[C@H]1C(=O)c1ccccc1. The molecule has 0 bridgehead atoms. The van der Waals surface area contributed by atoms with Gasteiger partial charge < -0.3 is 10.2 Å². The van der Waals surface area contributed by atoms with Gasteiger partial charge in [0.25, 0.3) is 6.04 Å². The number of Topliss-reactive ketones (excluding diaryl/α,β-unsaturated/α-hetero) is 1. The summed E-state index contributed by atoms with van der Waals surface area (Å²) in [6, 6.07) is 15.2. The molecule has 6 nitrogen and oxygen atoms in total. The van der Waals surface area contributed by atoms with Crippen LogP contribution in [0.5, 0.6) is 0 Å². The largest absolute Gasteiger partial charge is 0.386 e. The van der Waals surface area contributed by atoms with Crippen LogP contribution >= 0.6 is 0 Å². The minimum Gasteiger partial charge on any atom is -0.386 e. The van der Waals surface area contributed by atoms with E-state index in [4.69, 9.17) is 0 Å². The number of rotatable bonds is 8. The highest BCUT2D eigenvalue weighted by atomic mass is 16.6. The first-order chi connectivity index (χ1) is 14.4. The first kappa shape index (κ1) is 22.1. The molecule has 2 aromatic carbocycles. The topological polar surface area (TPSA) is 101 Å². The second-order valence-corrected chi connectivity index (χ2v) is 8.19. The Balaban J connectivity index is 2.15. The number of aliphatic hydroxyl groups excluding tert-OH is 1. The van der Waals surface area contributed by atoms with E-state index in [1.54, 1.807) is 60.7 Å². The molecule has 160 valence electrons. The highest BCUT2D eigenvalue weighted by molar-refractivity contribution is 5.99. The predicted octanol–water partition coefficient (Wildman–Crippen LogP) is 3.98. The van der Waals surface area contributed by atoms with E-state index >= 15 is 0 Å². The van der Waals surface area contributed by atoms with Gasteiger partial charge in [-0.3, -0.25) is 14.9 Å². The fourth-order valence-corrected chi connectivity index (χ4v) is 4.91. The van der Waals surface area contributed by atoms with Gasteiger partial charge in [0.05, 0.1) is 5.92 Å². The number of ketones is 1. The van der Waals surface area contributed by atoms with E-state index in [-0.39, 0.29) is 18.1 Å². The summed E-state index contributed by atoms with van der Waals surface area (Å²) in [5.74, 6) is -1.69. The van der Waals surface area contributed by atoms with Gasteiger partial charge in [-0.05, 0) is 24.3 Å². The molecule has 2 N–H and O–H groups in total. The minimum absolute atomic E-state index is 0.119. The van der Waals surface area contributed by atoms with Crippen LogP contribution in [0.1, 0.15) is 54.9 Å². The lowest BCUT2D eigenvalue weighted by Gasteiger charge is -2.47. The summed E-state index contributed by atoms with van der Waals surface area (Å²) in [6.07, 6.45) is 2.19. The Morgan fingerprint density at radius 2 is 1.70 bits per heavy atom. The Kier molecular flexibility index (Phi) is 7.00. The maximum absolute atomic E-state index is 13.6. The van der Waals surface area contributed by atoms with Crippen LogP contribution in [-0.4, -0.2) is 33.1 Å². The van der Waals surface area contributed by atoms with E-state index in [0.717, 1.165) is 19.3 Å². The third kappa shape index (κ3) is 4.16. The molecule has 0 amide bonds. The van der Waals surface area contributed by atoms with Crippen LogP contribution in [0.25, 0.3) is 0 Å². The molecule has 0 heterocycles. The van der Waals surface area contributed by atoms with Gasteiger partial charge >= 0.3 is 0 Å². The van der Waals surface area contributed by atoms with Crippen molar-refractivity contribution in [2.24, 2.45) is 11.8 Å². The molecule has 6 heteroatoms. The molecular formula is C24H29NO5. The molecule has 1 aliphatic carbocycles. The number of benzene rings is 2. The molecule has 1 fully saturated rings. The molecule has 0 aromatic heterocycles. The zero-order chi connectivity index (χ0) is 21.7. The summed E-state index contributed by atoms with van der Waals surface area (Å²) in [6.45, 7) is 2.07. The number of nitrogens with zero attached hydrogens (tertiary/aromatic N) is 1. The fourth-order valence-electron chi connectivity index (χ4n) is 4.91. The molecule has 30 heavy (non-hydrogen) atoms. The highest BCUT2D eigenvalue weighted by Gasteiger charge is 2.63. The van der Waals surface area contributed by atoms with Gasteiger partial charge in [-0.15, -0.1) is 0 Å². The van der Waals surface area contributed by atoms with Crippen molar-refractivity contribution in [3.63, 3.8) is 0 Å². The average molecular weight is 411 g/mol. The number of hydrogen-bond acceptors (Lipinski definition) is 5. The molecule has 0 aliphatic heterocycles. The van der Waals surface area contributed by atoms with E-state index in [1.807, 2.05) is 0 Å². The number of carbonyl (C=O) groups is 1. The lowest BCUT2D eigenvalue weighted by molar-refractivity contribution is -0.568. The number of unbranched alkanes of at least 4 members (excludes halogenated alkanes) is 2. The van der Waals surface area contributed by atoms with Crippen molar-refractivity contribution >= 4 is 5.78 Å². The van der Waals surface area contributed by atoms with E-state index in [2.05, 4.69) is 6.92 Å². The van der Waals surface area contributed by atoms with Crippen LogP contribution in [0.15, 0.2) is 60.7 Å². The molecule has 0 spiro atoms. The zero-order valence-corrected chi connectivity index (χ0v) is 17.2. The number of hydrogen-bond donors (Lipinski definition) is 2. The van der Waals surface area contributed by atoms with E-state index in [1.165, 1.54) is 0 Å². The van der Waals surface area contributed by atoms with Crippen molar-refractivity contribution in [3.8, 4) is 0 Å². The van der Waals surface area contributed by atoms with Crippen LogP contribution in [0.2, 0.25) is 0 Å². The standard InChI is InChI=1S/C24H29NO5/c1-2-3-6-13-18-16-20(26)23(25(29)30)24(28,19-14-9-5-10-15-19)21(18)22(27)17-11-7-4-8-12-17/h4-5,7-12,14-15,18,20-21,23,26,28H,2-3,6,13,16H2,1H3/t18-,20+,21-,23-,24+/m1/s1. The Bertz CT molecular complexity index is 856. The zero-order valence-electron chi connectivity index (χ0n) is 17.2. The lowest BCUT2D eigenvalue weighted by Crippen LogP contribution is -2.63. The van der Waals surface area contributed by atoms with Gasteiger partial charge in [-0.2, -0.15) is 0 Å². The second kappa shape index (κ2) is 9.49. The molecule has 3 rings (SSSR count). The summed E-state index contributed by atoms with van der Waals surface area (Å²) < 4.78 is 0. The van der Waals surface area contributed by atoms with Crippen molar-refractivity contribution in [2.75, 3.05) is 0 Å². The fraction of sp³-hybridized carbons (Fsp3) is 0.458. The minimum atomic E-state index is -2.10. The number of carbonyl (C=O) groups excluding carboxylic acids is 1. The van der Waals surface area contributed by atoms with Gasteiger partial charge in [0, 0.05) is 10.5 Å². The summed E-state index contributed by atoms with van der Waals surface area (Å²) in [7, 11) is 0. The van der Waals surface area contributed by atoms with E-state index < -0.39 is 28.6 Å². The summed E-state index contributed by atoms with van der Waals surface area (Å²) in [5, 5.41) is 34.7. The Morgan fingerprint density at radius 3 is 2.27 bits per heavy atom. The highest BCUT2D eigenvalue weighted by Crippen LogP contribution is 2.49.